The number of anilines is 1. The van der Waals surface area contributed by atoms with Crippen LogP contribution >= 0.6 is 11.6 Å². The highest BCUT2D eigenvalue weighted by Gasteiger charge is 2.43. The maximum Gasteiger partial charge on any atom is 0.335 e. The summed E-state index contributed by atoms with van der Waals surface area (Å²) >= 11 is 6.25. The number of ether oxygens (including phenoxy) is 1. The second-order valence-corrected chi connectivity index (χ2v) is 9.63. The zero-order valence-electron chi connectivity index (χ0n) is 18.9. The van der Waals surface area contributed by atoms with Crippen molar-refractivity contribution in [3.63, 3.8) is 0 Å². The minimum atomic E-state index is -0.898. The minimum Gasteiger partial charge on any atom is -0.489 e. The summed E-state index contributed by atoms with van der Waals surface area (Å²) < 4.78 is 5.98. The van der Waals surface area contributed by atoms with Gasteiger partial charge in [-0.2, -0.15) is 0 Å². The van der Waals surface area contributed by atoms with Gasteiger partial charge in [0.05, 0.1) is 11.6 Å². The maximum atomic E-state index is 11.7. The largest absolute Gasteiger partial charge is 0.489 e. The van der Waals surface area contributed by atoms with E-state index in [-0.39, 0.29) is 12.0 Å². The summed E-state index contributed by atoms with van der Waals surface area (Å²) in [5.74, 6) is 0.342. The van der Waals surface area contributed by atoms with Gasteiger partial charge in [-0.15, -0.1) is 0 Å². The number of nitrogens with one attached hydrogen (secondary N) is 1. The molecule has 4 aromatic rings. The molecule has 0 bridgehead atoms. The molecule has 4 nitrogen and oxygen atoms in total. The van der Waals surface area contributed by atoms with Gasteiger partial charge >= 0.3 is 5.97 Å². The van der Waals surface area contributed by atoms with E-state index in [0.717, 1.165) is 29.0 Å². The van der Waals surface area contributed by atoms with Crippen LogP contribution in [-0.4, -0.2) is 11.1 Å². The number of rotatable bonds is 5. The van der Waals surface area contributed by atoms with Gasteiger partial charge < -0.3 is 15.2 Å². The number of carbonyl (C=O) groups is 1. The Morgan fingerprint density at radius 3 is 2.51 bits per heavy atom. The van der Waals surface area contributed by atoms with E-state index < -0.39 is 5.97 Å². The molecule has 0 unspecified atom stereocenters. The first-order valence-electron chi connectivity index (χ1n) is 11.8. The summed E-state index contributed by atoms with van der Waals surface area (Å²) in [6.07, 6.45) is 0.944. The van der Waals surface area contributed by atoms with Crippen molar-refractivity contribution >= 4 is 23.3 Å². The van der Waals surface area contributed by atoms with Crippen LogP contribution < -0.4 is 10.1 Å². The Bertz CT molecular complexity index is 1420. The molecule has 0 fully saturated rings. The van der Waals surface area contributed by atoms with Gasteiger partial charge in [-0.1, -0.05) is 66.2 Å². The first-order valence-corrected chi connectivity index (χ1v) is 12.1. The second kappa shape index (κ2) is 8.79. The molecule has 5 heteroatoms. The van der Waals surface area contributed by atoms with E-state index in [9.17, 15) is 9.90 Å². The number of hydrogen-bond acceptors (Lipinski definition) is 3. The summed E-state index contributed by atoms with van der Waals surface area (Å²) in [5, 5.41) is 14.0. The van der Waals surface area contributed by atoms with Crippen molar-refractivity contribution in [1.82, 2.24) is 0 Å². The number of carboxylic acids is 1. The molecule has 0 spiro atoms. The average molecular weight is 482 g/mol. The highest BCUT2D eigenvalue weighted by molar-refractivity contribution is 6.31. The Balaban J connectivity index is 1.31. The van der Waals surface area contributed by atoms with Crippen molar-refractivity contribution in [1.29, 1.82) is 0 Å². The van der Waals surface area contributed by atoms with Crippen molar-refractivity contribution in [2.45, 2.75) is 25.0 Å². The summed E-state index contributed by atoms with van der Waals surface area (Å²) in [4.78, 5) is 11.7. The van der Waals surface area contributed by atoms with Crippen LogP contribution in [-0.2, 0) is 13.0 Å². The van der Waals surface area contributed by atoms with E-state index in [2.05, 4.69) is 41.7 Å². The van der Waals surface area contributed by atoms with Crippen LogP contribution in [0.2, 0.25) is 5.02 Å². The van der Waals surface area contributed by atoms with Gasteiger partial charge in [0.25, 0.3) is 0 Å². The number of fused-ring (bicyclic) bond motifs is 5. The first kappa shape index (κ1) is 21.8. The van der Waals surface area contributed by atoms with E-state index in [4.69, 9.17) is 16.3 Å². The Morgan fingerprint density at radius 2 is 1.71 bits per heavy atom. The van der Waals surface area contributed by atoms with Gasteiger partial charge in [-0.3, -0.25) is 0 Å². The Labute approximate surface area is 209 Å². The number of aromatic carboxylic acids is 1. The van der Waals surface area contributed by atoms with E-state index in [1.807, 2.05) is 48.5 Å². The van der Waals surface area contributed by atoms with Gasteiger partial charge in [-0.05, 0) is 71.0 Å². The zero-order chi connectivity index (χ0) is 23.9. The Hall–Kier alpha value is -3.76. The van der Waals surface area contributed by atoms with E-state index in [0.29, 0.717) is 23.1 Å². The number of halogens is 1. The van der Waals surface area contributed by atoms with Crippen LogP contribution in [0.3, 0.4) is 0 Å². The third-order valence-electron chi connectivity index (χ3n) is 7.24. The quantitative estimate of drug-likeness (QED) is 0.319. The molecule has 35 heavy (non-hydrogen) atoms. The fraction of sp³-hybridized carbons (Fsp3) is 0.167. The van der Waals surface area contributed by atoms with E-state index >= 15 is 0 Å². The van der Waals surface area contributed by atoms with Gasteiger partial charge in [0.15, 0.2) is 0 Å². The molecule has 6 rings (SSSR count). The maximum absolute atomic E-state index is 11.7. The molecule has 0 saturated carbocycles. The molecular formula is C30H24ClNO3. The van der Waals surface area contributed by atoms with Gasteiger partial charge in [0.2, 0.25) is 0 Å². The van der Waals surface area contributed by atoms with Crippen LogP contribution in [0.1, 0.15) is 50.1 Å². The average Bonchev–Trinajstić information content (AvgIpc) is 3.28. The second-order valence-electron chi connectivity index (χ2n) is 9.22. The molecule has 0 saturated heterocycles. The molecule has 1 aliphatic carbocycles. The molecule has 174 valence electrons. The monoisotopic (exact) mass is 481 g/mol. The SMILES string of the molecule is O=C(O)c1ccc2c(c1)[C@@H]1c3ccccc3C[C@H]1[C@H](c1ccc(OCc3ccccc3Cl)cc1)N2. The zero-order valence-corrected chi connectivity index (χ0v) is 19.7. The van der Waals surface area contributed by atoms with Crippen molar-refractivity contribution in [2.75, 3.05) is 5.32 Å². The Morgan fingerprint density at radius 1 is 0.943 bits per heavy atom. The predicted molar refractivity (Wildman–Crippen MR) is 137 cm³/mol. The molecule has 2 N–H and O–H groups in total. The van der Waals surface area contributed by atoms with Crippen LogP contribution in [0, 0.1) is 5.92 Å². The smallest absolute Gasteiger partial charge is 0.335 e. The summed E-state index contributed by atoms with van der Waals surface area (Å²) in [5.41, 5.74) is 7.16. The molecule has 1 heterocycles. The standard InChI is InChI=1S/C30H24ClNO3/c31-26-8-4-2-6-21(26)17-35-22-12-9-18(10-13-22)29-25-15-19-5-1-3-7-23(19)28(25)24-16-20(30(33)34)11-14-27(24)32-29/h1-14,16,25,28-29,32H,15,17H2,(H,33,34)/t25-,28+,29+/m1/s1. The molecule has 3 atom stereocenters. The molecule has 2 aliphatic rings. The van der Waals surface area contributed by atoms with Crippen LogP contribution in [0.5, 0.6) is 5.75 Å². The lowest BCUT2D eigenvalue weighted by molar-refractivity contribution is 0.0696. The fourth-order valence-corrected chi connectivity index (χ4v) is 5.76. The van der Waals surface area contributed by atoms with Crippen LogP contribution in [0.4, 0.5) is 5.69 Å². The molecule has 4 aromatic carbocycles. The Kier molecular flexibility index (Phi) is 5.46. The third-order valence-corrected chi connectivity index (χ3v) is 7.61. The van der Waals surface area contributed by atoms with Crippen molar-refractivity contribution in [2.24, 2.45) is 5.92 Å². The summed E-state index contributed by atoms with van der Waals surface area (Å²) in [7, 11) is 0. The molecule has 1 aliphatic heterocycles. The predicted octanol–water partition coefficient (Wildman–Crippen LogP) is 7.09. The lowest BCUT2D eigenvalue weighted by atomic mass is 9.75. The summed E-state index contributed by atoms with van der Waals surface area (Å²) in [6, 6.07) is 30.0. The van der Waals surface area contributed by atoms with Gasteiger partial charge in [-0.25, -0.2) is 4.79 Å². The van der Waals surface area contributed by atoms with Crippen LogP contribution in [0.25, 0.3) is 0 Å². The first-order chi connectivity index (χ1) is 17.1. The third kappa shape index (κ3) is 3.94. The van der Waals surface area contributed by atoms with Crippen molar-refractivity contribution in [3.8, 4) is 5.75 Å². The lowest BCUT2D eigenvalue weighted by Crippen LogP contribution is -2.30. The highest BCUT2D eigenvalue weighted by atomic mass is 35.5. The molecule has 0 amide bonds. The topological polar surface area (TPSA) is 58.6 Å². The van der Waals surface area contributed by atoms with E-state index in [1.165, 1.54) is 16.7 Å². The van der Waals surface area contributed by atoms with Gasteiger partial charge in [0, 0.05) is 22.2 Å². The fourth-order valence-electron chi connectivity index (χ4n) is 5.57. The summed E-state index contributed by atoms with van der Waals surface area (Å²) in [6.45, 7) is 0.417. The number of carboxylic acid groups (broad SMARTS) is 1. The number of hydrogen-bond donors (Lipinski definition) is 2. The molecule has 0 radical (unpaired) electrons. The van der Waals surface area contributed by atoms with Gasteiger partial charge in [0.1, 0.15) is 12.4 Å². The molecule has 0 aromatic heterocycles. The molecular weight excluding hydrogens is 458 g/mol. The highest BCUT2D eigenvalue weighted by Crippen LogP contribution is 2.54. The number of benzene rings is 4. The lowest BCUT2D eigenvalue weighted by Gasteiger charge is -2.38. The normalized spacial score (nSPS) is 19.7. The minimum absolute atomic E-state index is 0.105. The van der Waals surface area contributed by atoms with E-state index in [1.54, 1.807) is 6.07 Å². The van der Waals surface area contributed by atoms with Crippen LogP contribution in [0.15, 0.2) is 91.0 Å². The van der Waals surface area contributed by atoms with Crippen molar-refractivity contribution in [3.05, 3.63) is 129 Å². The van der Waals surface area contributed by atoms with Crippen molar-refractivity contribution < 1.29 is 14.6 Å².